The van der Waals surface area contributed by atoms with Crippen LogP contribution in [0.1, 0.15) is 33.1 Å². The lowest BCUT2D eigenvalue weighted by molar-refractivity contribution is -0.116. The molecule has 0 saturated carbocycles. The van der Waals surface area contributed by atoms with Crippen LogP contribution in [0.3, 0.4) is 0 Å². The van der Waals surface area contributed by atoms with Crippen molar-refractivity contribution in [2.45, 2.75) is 17.7 Å². The highest BCUT2D eigenvalue weighted by Crippen LogP contribution is 2.39. The minimum absolute atomic E-state index is 0.0358. The Balaban J connectivity index is 1.98. The number of anilines is 1. The number of aromatic nitrogens is 3. The van der Waals surface area contributed by atoms with Crippen molar-refractivity contribution in [2.75, 3.05) is 5.32 Å². The molecule has 2 aromatic heterocycles. The number of nitrogens with one attached hydrogen (secondary N) is 1. The molecule has 0 aliphatic carbocycles. The number of hydrogen-bond donors (Lipinski definition) is 3. The fraction of sp³-hybridized carbons (Fsp3) is 0.125. The number of hydrogen-bond acceptors (Lipinski definition) is 6. The van der Waals surface area contributed by atoms with Gasteiger partial charge in [0.25, 0.3) is 0 Å². The second-order valence-corrected chi connectivity index (χ2v) is 7.69. The highest BCUT2D eigenvalue weighted by molar-refractivity contribution is 7.89. The topological polar surface area (TPSA) is 157 Å². The van der Waals surface area contributed by atoms with E-state index >= 15 is 0 Å². The van der Waals surface area contributed by atoms with Crippen molar-refractivity contribution in [1.29, 1.82) is 0 Å². The number of amides is 1. The van der Waals surface area contributed by atoms with Gasteiger partial charge in [-0.25, -0.2) is 27.9 Å². The maximum absolute atomic E-state index is 12.6. The molecule has 1 aliphatic rings. The van der Waals surface area contributed by atoms with E-state index in [1.807, 2.05) is 0 Å². The largest absolute Gasteiger partial charge is 0.478 e. The number of benzene rings is 1. The molecule has 10 nitrogen and oxygen atoms in total. The van der Waals surface area contributed by atoms with Gasteiger partial charge in [-0.2, -0.15) is 5.10 Å². The lowest BCUT2D eigenvalue weighted by Gasteiger charge is -2.11. The summed E-state index contributed by atoms with van der Waals surface area (Å²) in [5.41, 5.74) is 1.93. The molecule has 27 heavy (non-hydrogen) atoms. The molecule has 0 radical (unpaired) electrons. The molecule has 1 aromatic carbocycles. The Labute approximate surface area is 152 Å². The highest BCUT2D eigenvalue weighted by atomic mass is 32.2. The first-order chi connectivity index (χ1) is 12.7. The zero-order valence-corrected chi connectivity index (χ0v) is 14.7. The fourth-order valence-corrected chi connectivity index (χ4v) is 3.85. The first kappa shape index (κ1) is 17.1. The summed E-state index contributed by atoms with van der Waals surface area (Å²) in [5.74, 6) is -2.46. The quantitative estimate of drug-likeness (QED) is 0.589. The van der Waals surface area contributed by atoms with E-state index in [2.05, 4.69) is 15.4 Å². The number of aromatic carboxylic acids is 1. The average molecular weight is 387 g/mol. The summed E-state index contributed by atoms with van der Waals surface area (Å²) < 4.78 is 24.7. The zero-order chi connectivity index (χ0) is 19.5. The summed E-state index contributed by atoms with van der Waals surface area (Å²) in [7, 11) is -3.96. The number of carbonyl (C=O) groups is 2. The van der Waals surface area contributed by atoms with Crippen LogP contribution in [0.5, 0.6) is 0 Å². The molecule has 1 amide bonds. The van der Waals surface area contributed by atoms with Crippen LogP contribution in [0.25, 0.3) is 5.52 Å². The van der Waals surface area contributed by atoms with Gasteiger partial charge < -0.3 is 10.4 Å². The van der Waals surface area contributed by atoms with Crippen LogP contribution >= 0.6 is 0 Å². The standard InChI is InChI=1S/C16H13N5O5S/c1-7-10(16(23)24)5-21-14(7)13(18-6-19-21)12-9-4-8(27(17,25)26)2-3-11(9)20-15(12)22/h2-6,12H,1H3,(H,20,22)(H,23,24)(H2,17,25,26). The van der Waals surface area contributed by atoms with E-state index in [-0.39, 0.29) is 16.2 Å². The number of fused-ring (bicyclic) bond motifs is 2. The third kappa shape index (κ3) is 2.55. The van der Waals surface area contributed by atoms with Crippen LogP contribution in [0.4, 0.5) is 5.69 Å². The lowest BCUT2D eigenvalue weighted by atomic mass is 9.95. The van der Waals surface area contributed by atoms with Crippen LogP contribution in [0, 0.1) is 6.92 Å². The van der Waals surface area contributed by atoms with Gasteiger partial charge in [0.15, 0.2) is 0 Å². The minimum atomic E-state index is -3.96. The molecular weight excluding hydrogens is 374 g/mol. The molecule has 4 rings (SSSR count). The van der Waals surface area contributed by atoms with E-state index < -0.39 is 27.8 Å². The second kappa shape index (κ2) is 5.59. The Hall–Kier alpha value is -3.31. The van der Waals surface area contributed by atoms with E-state index in [0.717, 1.165) is 0 Å². The summed E-state index contributed by atoms with van der Waals surface area (Å²) in [4.78, 5) is 28.1. The van der Waals surface area contributed by atoms with Crippen LogP contribution in [-0.4, -0.2) is 40.0 Å². The van der Waals surface area contributed by atoms with Gasteiger partial charge in [0.1, 0.15) is 12.2 Å². The van der Waals surface area contributed by atoms with Crippen LogP contribution < -0.4 is 10.5 Å². The molecular formula is C16H13N5O5S. The van der Waals surface area contributed by atoms with Crippen LogP contribution in [0.15, 0.2) is 35.6 Å². The maximum Gasteiger partial charge on any atom is 0.337 e. The smallest absolute Gasteiger partial charge is 0.337 e. The minimum Gasteiger partial charge on any atom is -0.478 e. The van der Waals surface area contributed by atoms with E-state index in [9.17, 15) is 23.1 Å². The SMILES string of the molecule is Cc1c(C(=O)O)cn2ncnc(C3C(=O)Nc4ccc(S(N)(=O)=O)cc43)c12. The number of carboxylic acid groups (broad SMARTS) is 1. The molecule has 138 valence electrons. The van der Waals surface area contributed by atoms with Gasteiger partial charge in [0.05, 0.1) is 21.7 Å². The molecule has 3 heterocycles. The average Bonchev–Trinajstić information content (AvgIpc) is 3.10. The van der Waals surface area contributed by atoms with Crippen molar-refractivity contribution in [3.8, 4) is 0 Å². The zero-order valence-electron chi connectivity index (χ0n) is 13.9. The van der Waals surface area contributed by atoms with E-state index in [1.54, 1.807) is 6.92 Å². The molecule has 1 aliphatic heterocycles. The number of rotatable bonds is 3. The Kier molecular flexibility index (Phi) is 3.55. The summed E-state index contributed by atoms with van der Waals surface area (Å²) in [6.07, 6.45) is 2.55. The Morgan fingerprint density at radius 3 is 2.78 bits per heavy atom. The van der Waals surface area contributed by atoms with Crippen molar-refractivity contribution in [2.24, 2.45) is 5.14 Å². The first-order valence-electron chi connectivity index (χ1n) is 7.72. The number of sulfonamides is 1. The lowest BCUT2D eigenvalue weighted by Crippen LogP contribution is -2.16. The van der Waals surface area contributed by atoms with Crippen molar-refractivity contribution < 1.29 is 23.1 Å². The van der Waals surface area contributed by atoms with E-state index in [1.165, 1.54) is 35.2 Å². The van der Waals surface area contributed by atoms with Crippen molar-refractivity contribution in [3.05, 3.63) is 53.1 Å². The summed E-state index contributed by atoms with van der Waals surface area (Å²) >= 11 is 0. The fourth-order valence-electron chi connectivity index (χ4n) is 3.30. The van der Waals surface area contributed by atoms with Crippen LogP contribution in [0.2, 0.25) is 0 Å². The first-order valence-corrected chi connectivity index (χ1v) is 9.27. The third-order valence-electron chi connectivity index (χ3n) is 4.54. The highest BCUT2D eigenvalue weighted by Gasteiger charge is 2.36. The molecule has 0 fully saturated rings. The molecule has 1 atom stereocenters. The molecule has 4 N–H and O–H groups in total. The molecule has 3 aromatic rings. The van der Waals surface area contributed by atoms with Crippen molar-refractivity contribution in [1.82, 2.24) is 14.6 Å². The van der Waals surface area contributed by atoms with E-state index in [4.69, 9.17) is 5.14 Å². The predicted octanol–water partition coefficient (Wildman–Crippen LogP) is 0.467. The molecule has 0 saturated heterocycles. The Morgan fingerprint density at radius 2 is 2.11 bits per heavy atom. The second-order valence-electron chi connectivity index (χ2n) is 6.13. The van der Waals surface area contributed by atoms with E-state index in [0.29, 0.717) is 22.3 Å². The monoisotopic (exact) mass is 387 g/mol. The summed E-state index contributed by atoms with van der Waals surface area (Å²) in [5, 5.41) is 21.2. The number of carboxylic acids is 1. The molecule has 11 heteroatoms. The van der Waals surface area contributed by atoms with Crippen LogP contribution in [-0.2, 0) is 14.8 Å². The molecule has 0 bridgehead atoms. The number of aryl methyl sites for hydroxylation is 1. The van der Waals surface area contributed by atoms with Gasteiger partial charge in [-0.05, 0) is 36.2 Å². The Morgan fingerprint density at radius 1 is 1.37 bits per heavy atom. The van der Waals surface area contributed by atoms with Gasteiger partial charge in [0.2, 0.25) is 15.9 Å². The van der Waals surface area contributed by atoms with Gasteiger partial charge in [-0.3, -0.25) is 4.79 Å². The van der Waals surface area contributed by atoms with Gasteiger partial charge >= 0.3 is 5.97 Å². The summed E-state index contributed by atoms with van der Waals surface area (Å²) in [6, 6.07) is 4.08. The Bertz CT molecular complexity index is 1250. The van der Waals surface area contributed by atoms with Gasteiger partial charge in [-0.15, -0.1) is 0 Å². The number of carbonyl (C=O) groups excluding carboxylic acids is 1. The van der Waals surface area contributed by atoms with Crippen molar-refractivity contribution >= 4 is 33.1 Å². The van der Waals surface area contributed by atoms with Crippen molar-refractivity contribution in [3.63, 3.8) is 0 Å². The number of primary sulfonamides is 1. The summed E-state index contributed by atoms with van der Waals surface area (Å²) in [6.45, 7) is 1.60. The normalized spacial score (nSPS) is 16.4. The molecule has 1 unspecified atom stereocenters. The molecule has 0 spiro atoms. The number of nitrogens with two attached hydrogens (primary N) is 1. The predicted molar refractivity (Wildman–Crippen MR) is 93.0 cm³/mol. The van der Waals surface area contributed by atoms with Gasteiger partial charge in [0, 0.05) is 11.9 Å². The third-order valence-corrected chi connectivity index (χ3v) is 5.45. The van der Waals surface area contributed by atoms with Gasteiger partial charge in [-0.1, -0.05) is 0 Å². The number of nitrogens with zero attached hydrogens (tertiary/aromatic N) is 3. The maximum atomic E-state index is 12.6.